The molecule has 6 nitrogen and oxygen atoms in total. The molecule has 144 valence electrons. The number of imidazole rings is 1. The van der Waals surface area contributed by atoms with Gasteiger partial charge in [-0.2, -0.15) is 0 Å². The second-order valence-corrected chi connectivity index (χ2v) is 7.33. The average molecular weight is 383 g/mol. The molecule has 0 fully saturated rings. The zero-order valence-electron chi connectivity index (χ0n) is 15.9. The number of carbonyl (C=O) groups is 1. The Bertz CT molecular complexity index is 1140. The van der Waals surface area contributed by atoms with E-state index in [4.69, 9.17) is 4.98 Å². The Morgan fingerprint density at radius 3 is 2.79 bits per heavy atom. The number of H-pyrrole nitrogens is 1. The molecule has 0 radical (unpaired) electrons. The van der Waals surface area contributed by atoms with Gasteiger partial charge in [0, 0.05) is 36.7 Å². The molecule has 0 aliphatic carbocycles. The van der Waals surface area contributed by atoms with E-state index in [0.717, 1.165) is 48.6 Å². The van der Waals surface area contributed by atoms with Gasteiger partial charge in [-0.3, -0.25) is 14.7 Å². The summed E-state index contributed by atoms with van der Waals surface area (Å²) in [5.41, 5.74) is 6.08. The van der Waals surface area contributed by atoms with Crippen LogP contribution >= 0.6 is 0 Å². The third kappa shape index (κ3) is 3.75. The van der Waals surface area contributed by atoms with Crippen LogP contribution in [0.25, 0.3) is 11.0 Å². The summed E-state index contributed by atoms with van der Waals surface area (Å²) in [6, 6.07) is 17.7. The van der Waals surface area contributed by atoms with Gasteiger partial charge < -0.3 is 10.3 Å². The highest BCUT2D eigenvalue weighted by atomic mass is 16.1. The summed E-state index contributed by atoms with van der Waals surface area (Å²) in [6.07, 6.45) is 4.24. The Morgan fingerprint density at radius 1 is 1.07 bits per heavy atom. The molecular formula is C23H21N5O. The first-order chi connectivity index (χ1) is 14.2. The Morgan fingerprint density at radius 2 is 1.93 bits per heavy atom. The monoisotopic (exact) mass is 383 g/mol. The lowest BCUT2D eigenvalue weighted by Crippen LogP contribution is -2.30. The van der Waals surface area contributed by atoms with Gasteiger partial charge in [0.15, 0.2) is 0 Å². The van der Waals surface area contributed by atoms with Crippen LogP contribution in [0.15, 0.2) is 67.0 Å². The number of para-hydroxylation sites is 2. The first-order valence-corrected chi connectivity index (χ1v) is 9.74. The number of rotatable bonds is 4. The predicted molar refractivity (Wildman–Crippen MR) is 113 cm³/mol. The average Bonchev–Trinajstić information content (AvgIpc) is 3.16. The smallest absolute Gasteiger partial charge is 0.255 e. The minimum atomic E-state index is -0.123. The Kier molecular flexibility index (Phi) is 4.54. The van der Waals surface area contributed by atoms with E-state index in [2.05, 4.69) is 38.4 Å². The molecule has 29 heavy (non-hydrogen) atoms. The number of nitrogens with one attached hydrogen (secondary N) is 2. The van der Waals surface area contributed by atoms with E-state index in [1.807, 2.05) is 24.3 Å². The lowest BCUT2D eigenvalue weighted by molar-refractivity contribution is 0.102. The van der Waals surface area contributed by atoms with Crippen molar-refractivity contribution in [1.29, 1.82) is 0 Å². The summed E-state index contributed by atoms with van der Waals surface area (Å²) in [6.45, 7) is 2.61. The maximum Gasteiger partial charge on any atom is 0.255 e. The zero-order chi connectivity index (χ0) is 19.6. The molecule has 0 saturated heterocycles. The molecule has 0 spiro atoms. The molecule has 1 amide bonds. The van der Waals surface area contributed by atoms with Gasteiger partial charge in [0.05, 0.1) is 17.6 Å². The van der Waals surface area contributed by atoms with Gasteiger partial charge in [-0.05, 0) is 53.9 Å². The van der Waals surface area contributed by atoms with Crippen molar-refractivity contribution in [2.24, 2.45) is 0 Å². The fourth-order valence-electron chi connectivity index (χ4n) is 3.83. The number of hydrogen-bond acceptors (Lipinski definition) is 4. The summed E-state index contributed by atoms with van der Waals surface area (Å²) in [5, 5.41) is 2.99. The third-order valence-corrected chi connectivity index (χ3v) is 5.31. The number of pyridine rings is 1. The van der Waals surface area contributed by atoms with Gasteiger partial charge >= 0.3 is 0 Å². The largest absolute Gasteiger partial charge is 0.341 e. The van der Waals surface area contributed by atoms with E-state index >= 15 is 0 Å². The highest BCUT2D eigenvalue weighted by Crippen LogP contribution is 2.24. The van der Waals surface area contributed by atoms with E-state index in [9.17, 15) is 4.79 Å². The molecule has 2 aromatic carbocycles. The number of anilines is 1. The number of amides is 1. The lowest BCUT2D eigenvalue weighted by atomic mass is 9.99. The molecular weight excluding hydrogens is 362 g/mol. The van der Waals surface area contributed by atoms with Gasteiger partial charge in [-0.25, -0.2) is 4.98 Å². The van der Waals surface area contributed by atoms with Crippen LogP contribution in [-0.4, -0.2) is 32.3 Å². The molecule has 1 aliphatic rings. The number of fused-ring (bicyclic) bond motifs is 2. The van der Waals surface area contributed by atoms with Crippen LogP contribution in [0.5, 0.6) is 0 Å². The van der Waals surface area contributed by atoms with Crippen molar-refractivity contribution in [3.05, 3.63) is 89.5 Å². The highest BCUT2D eigenvalue weighted by Gasteiger charge is 2.18. The van der Waals surface area contributed by atoms with Crippen LogP contribution < -0.4 is 5.32 Å². The molecule has 0 bridgehead atoms. The van der Waals surface area contributed by atoms with Crippen molar-refractivity contribution in [2.75, 3.05) is 11.9 Å². The molecule has 6 heteroatoms. The normalized spacial score (nSPS) is 13.9. The Labute approximate surface area is 168 Å². The fraction of sp³-hybridized carbons (Fsp3) is 0.174. The highest BCUT2D eigenvalue weighted by molar-refractivity contribution is 6.04. The standard InChI is InChI=1S/C23H21N5O/c29-23(17-7-10-24-11-8-17)25-19-6-5-16-9-12-28(14-18(16)13-19)15-22-26-20-3-1-2-4-21(20)27-22/h1-8,10-11,13H,9,12,14-15H2,(H,25,29)(H,26,27). The van der Waals surface area contributed by atoms with Crippen LogP contribution in [0.2, 0.25) is 0 Å². The first-order valence-electron chi connectivity index (χ1n) is 9.74. The van der Waals surface area contributed by atoms with E-state index in [-0.39, 0.29) is 5.91 Å². The molecule has 0 atom stereocenters. The first kappa shape index (κ1) is 17.6. The van der Waals surface area contributed by atoms with Gasteiger partial charge in [-0.1, -0.05) is 18.2 Å². The Hall–Kier alpha value is -3.51. The molecule has 2 aromatic heterocycles. The van der Waals surface area contributed by atoms with Gasteiger partial charge in [0.1, 0.15) is 5.82 Å². The number of nitrogens with zero attached hydrogens (tertiary/aromatic N) is 3. The lowest BCUT2D eigenvalue weighted by Gasteiger charge is -2.28. The fourth-order valence-corrected chi connectivity index (χ4v) is 3.83. The van der Waals surface area contributed by atoms with Crippen molar-refractivity contribution >= 4 is 22.6 Å². The number of aromatic amines is 1. The van der Waals surface area contributed by atoms with Crippen molar-refractivity contribution < 1.29 is 4.79 Å². The second-order valence-electron chi connectivity index (χ2n) is 7.33. The second kappa shape index (κ2) is 7.48. The summed E-state index contributed by atoms with van der Waals surface area (Å²) in [4.78, 5) is 26.9. The predicted octanol–water partition coefficient (Wildman–Crippen LogP) is 3.77. The molecule has 0 unspecified atom stereocenters. The molecule has 1 aliphatic heterocycles. The molecule has 4 aromatic rings. The molecule has 0 saturated carbocycles. The van der Waals surface area contributed by atoms with Crippen molar-refractivity contribution in [3.63, 3.8) is 0 Å². The summed E-state index contributed by atoms with van der Waals surface area (Å²) >= 11 is 0. The van der Waals surface area contributed by atoms with E-state index in [1.54, 1.807) is 24.5 Å². The number of aromatic nitrogens is 3. The number of carbonyl (C=O) groups excluding carboxylic acids is 1. The third-order valence-electron chi connectivity index (χ3n) is 5.31. The van der Waals surface area contributed by atoms with Gasteiger partial charge in [0.2, 0.25) is 0 Å². The van der Waals surface area contributed by atoms with Gasteiger partial charge in [-0.15, -0.1) is 0 Å². The van der Waals surface area contributed by atoms with Crippen molar-refractivity contribution in [1.82, 2.24) is 19.9 Å². The van der Waals surface area contributed by atoms with Crippen molar-refractivity contribution in [3.8, 4) is 0 Å². The topological polar surface area (TPSA) is 73.9 Å². The number of benzene rings is 2. The Balaban J connectivity index is 1.30. The molecule has 3 heterocycles. The zero-order valence-corrected chi connectivity index (χ0v) is 15.9. The van der Waals surface area contributed by atoms with E-state index < -0.39 is 0 Å². The SMILES string of the molecule is O=C(Nc1ccc2c(c1)CN(Cc1nc3ccccc3[nH]1)CC2)c1ccncc1. The maximum absolute atomic E-state index is 12.4. The number of hydrogen-bond donors (Lipinski definition) is 2. The van der Waals surface area contributed by atoms with Gasteiger partial charge in [0.25, 0.3) is 5.91 Å². The summed E-state index contributed by atoms with van der Waals surface area (Å²) < 4.78 is 0. The molecule has 5 rings (SSSR count). The van der Waals surface area contributed by atoms with Crippen LogP contribution in [0.4, 0.5) is 5.69 Å². The minimum Gasteiger partial charge on any atom is -0.341 e. The van der Waals surface area contributed by atoms with E-state index in [0.29, 0.717) is 5.56 Å². The van der Waals surface area contributed by atoms with E-state index in [1.165, 1.54) is 11.1 Å². The maximum atomic E-state index is 12.4. The quantitative estimate of drug-likeness (QED) is 0.563. The minimum absolute atomic E-state index is 0.123. The molecule has 2 N–H and O–H groups in total. The van der Waals surface area contributed by atoms with Crippen LogP contribution in [0, 0.1) is 0 Å². The summed E-state index contributed by atoms with van der Waals surface area (Å²) in [7, 11) is 0. The summed E-state index contributed by atoms with van der Waals surface area (Å²) in [5.74, 6) is 0.860. The van der Waals surface area contributed by atoms with Crippen LogP contribution in [0.1, 0.15) is 27.3 Å². The van der Waals surface area contributed by atoms with Crippen molar-refractivity contribution in [2.45, 2.75) is 19.5 Å². The van der Waals surface area contributed by atoms with Crippen LogP contribution in [-0.2, 0) is 19.5 Å². The van der Waals surface area contributed by atoms with Crippen LogP contribution in [0.3, 0.4) is 0 Å².